The number of fused-ring (bicyclic) bond motifs is 1. The number of carboxylic acid groups (broad SMARTS) is 1. The molecule has 0 saturated carbocycles. The highest BCUT2D eigenvalue weighted by Gasteiger charge is 2.39. The van der Waals surface area contributed by atoms with Crippen molar-refractivity contribution in [1.82, 2.24) is 10.2 Å². The van der Waals surface area contributed by atoms with Gasteiger partial charge < -0.3 is 15.3 Å². The number of allylic oxidation sites excluding steroid dienone is 4. The van der Waals surface area contributed by atoms with E-state index in [1.54, 1.807) is 4.90 Å². The Labute approximate surface area is 114 Å². The summed E-state index contributed by atoms with van der Waals surface area (Å²) in [4.78, 5) is 13.2. The van der Waals surface area contributed by atoms with Gasteiger partial charge in [0.2, 0.25) is 0 Å². The molecular weight excluding hydrogens is 240 g/mol. The summed E-state index contributed by atoms with van der Waals surface area (Å²) in [7, 11) is 0. The zero-order chi connectivity index (χ0) is 13.2. The minimum absolute atomic E-state index is 0.216. The van der Waals surface area contributed by atoms with E-state index in [2.05, 4.69) is 23.5 Å². The van der Waals surface area contributed by atoms with E-state index in [-0.39, 0.29) is 6.04 Å². The molecule has 0 spiro atoms. The minimum Gasteiger partial charge on any atom is -0.465 e. The number of hydrogen-bond acceptors (Lipinski definition) is 2. The Bertz CT molecular complexity index is 416. The summed E-state index contributed by atoms with van der Waals surface area (Å²) in [5, 5.41) is 12.9. The van der Waals surface area contributed by atoms with Gasteiger partial charge in [-0.25, -0.2) is 4.79 Å². The van der Waals surface area contributed by atoms with Crippen LogP contribution >= 0.6 is 0 Å². The topological polar surface area (TPSA) is 52.6 Å². The van der Waals surface area contributed by atoms with E-state index in [9.17, 15) is 9.90 Å². The van der Waals surface area contributed by atoms with Gasteiger partial charge in [0.15, 0.2) is 0 Å². The Kier molecular flexibility index (Phi) is 3.49. The van der Waals surface area contributed by atoms with Crippen molar-refractivity contribution in [1.29, 1.82) is 0 Å². The average Bonchev–Trinajstić information content (AvgIpc) is 2.46. The van der Waals surface area contributed by atoms with E-state index < -0.39 is 6.09 Å². The first kappa shape index (κ1) is 12.6. The first-order valence-corrected chi connectivity index (χ1v) is 7.37. The molecule has 2 fully saturated rings. The summed E-state index contributed by atoms with van der Waals surface area (Å²) in [5.74, 6) is 0.970. The number of likely N-dealkylation sites (tertiary alicyclic amines) is 1. The minimum atomic E-state index is -0.736. The van der Waals surface area contributed by atoms with Gasteiger partial charge in [0.1, 0.15) is 0 Å². The fraction of sp³-hybridized carbons (Fsp3) is 0.667. The molecule has 3 aliphatic rings. The van der Waals surface area contributed by atoms with Gasteiger partial charge in [-0.3, -0.25) is 0 Å². The lowest BCUT2D eigenvalue weighted by Crippen LogP contribution is -2.52. The third-order valence-corrected chi connectivity index (χ3v) is 4.81. The predicted octanol–water partition coefficient (Wildman–Crippen LogP) is 2.59. The number of hydrogen-bond donors (Lipinski definition) is 2. The van der Waals surface area contributed by atoms with Crippen molar-refractivity contribution >= 4 is 6.09 Å². The molecule has 19 heavy (non-hydrogen) atoms. The van der Waals surface area contributed by atoms with Crippen LogP contribution in [0.2, 0.25) is 0 Å². The van der Waals surface area contributed by atoms with Crippen LogP contribution in [0, 0.1) is 11.8 Å². The summed E-state index contributed by atoms with van der Waals surface area (Å²) in [5.41, 5.74) is 1.31. The highest BCUT2D eigenvalue weighted by molar-refractivity contribution is 5.65. The number of amides is 1. The van der Waals surface area contributed by atoms with E-state index in [1.165, 1.54) is 12.1 Å². The second-order valence-corrected chi connectivity index (χ2v) is 5.81. The van der Waals surface area contributed by atoms with Crippen LogP contribution < -0.4 is 5.32 Å². The van der Waals surface area contributed by atoms with Crippen molar-refractivity contribution in [3.63, 3.8) is 0 Å². The Morgan fingerprint density at radius 2 is 2.26 bits per heavy atom. The van der Waals surface area contributed by atoms with E-state index in [4.69, 9.17) is 0 Å². The van der Waals surface area contributed by atoms with Crippen LogP contribution in [0.4, 0.5) is 4.79 Å². The van der Waals surface area contributed by atoms with Gasteiger partial charge in [-0.1, -0.05) is 12.2 Å². The van der Waals surface area contributed by atoms with Gasteiger partial charge in [-0.05, 0) is 44.1 Å². The number of carbonyl (C=O) groups is 1. The van der Waals surface area contributed by atoms with Crippen LogP contribution in [0.25, 0.3) is 0 Å². The Balaban J connectivity index is 1.81. The smallest absolute Gasteiger partial charge is 0.407 e. The molecule has 0 aromatic carbocycles. The Hall–Kier alpha value is -1.45. The Morgan fingerprint density at radius 1 is 1.37 bits per heavy atom. The monoisotopic (exact) mass is 262 g/mol. The van der Waals surface area contributed by atoms with Gasteiger partial charge in [-0.15, -0.1) is 0 Å². The van der Waals surface area contributed by atoms with Crippen LogP contribution in [0.1, 0.15) is 32.1 Å². The molecule has 1 aliphatic carbocycles. The molecule has 0 aromatic rings. The highest BCUT2D eigenvalue weighted by Crippen LogP contribution is 2.38. The molecule has 2 heterocycles. The van der Waals surface area contributed by atoms with Gasteiger partial charge >= 0.3 is 6.09 Å². The molecule has 0 radical (unpaired) electrons. The molecule has 3 unspecified atom stereocenters. The molecule has 1 amide bonds. The molecule has 3 atom stereocenters. The van der Waals surface area contributed by atoms with Gasteiger partial charge in [-0.2, -0.15) is 0 Å². The molecule has 2 saturated heterocycles. The van der Waals surface area contributed by atoms with E-state index in [1.807, 2.05) is 0 Å². The molecule has 104 valence electrons. The zero-order valence-corrected chi connectivity index (χ0v) is 11.2. The quantitative estimate of drug-likeness (QED) is 0.763. The van der Waals surface area contributed by atoms with Crippen molar-refractivity contribution in [3.05, 3.63) is 23.9 Å². The van der Waals surface area contributed by atoms with Crippen LogP contribution in [0.5, 0.6) is 0 Å². The number of nitrogens with zero attached hydrogens (tertiary/aromatic N) is 1. The van der Waals surface area contributed by atoms with Crippen LogP contribution in [0.15, 0.2) is 23.9 Å². The van der Waals surface area contributed by atoms with Gasteiger partial charge in [0.25, 0.3) is 0 Å². The lowest BCUT2D eigenvalue weighted by molar-refractivity contribution is 0.0612. The molecule has 2 aliphatic heterocycles. The molecule has 0 bridgehead atoms. The highest BCUT2D eigenvalue weighted by atomic mass is 16.4. The lowest BCUT2D eigenvalue weighted by Gasteiger charge is -2.45. The maximum atomic E-state index is 11.4. The van der Waals surface area contributed by atoms with E-state index >= 15 is 0 Å². The average molecular weight is 262 g/mol. The standard InChI is InChI=1S/C15H22N2O2/c18-15(19)17-10-4-3-7-14(17)12-8-9-16-13-6-2-1-5-11(12)13/h1-2,6,11-12,14,16H,3-5,7-10H2,(H,18,19). The van der Waals surface area contributed by atoms with Crippen LogP contribution in [0.3, 0.4) is 0 Å². The van der Waals surface area contributed by atoms with Crippen molar-refractivity contribution in [2.24, 2.45) is 11.8 Å². The van der Waals surface area contributed by atoms with E-state index in [0.717, 1.165) is 32.2 Å². The SMILES string of the molecule is O=C(O)N1CCCCC1C1CCNC2=CC=CCC21. The summed E-state index contributed by atoms with van der Waals surface area (Å²) < 4.78 is 0. The van der Waals surface area contributed by atoms with Crippen molar-refractivity contribution in [3.8, 4) is 0 Å². The Morgan fingerprint density at radius 3 is 3.11 bits per heavy atom. The fourth-order valence-corrected chi connectivity index (χ4v) is 3.93. The second-order valence-electron chi connectivity index (χ2n) is 5.81. The van der Waals surface area contributed by atoms with Gasteiger partial charge in [0.05, 0.1) is 0 Å². The number of rotatable bonds is 1. The molecule has 3 rings (SSSR count). The molecule has 2 N–H and O–H groups in total. The molecular formula is C15H22N2O2. The molecule has 4 heteroatoms. The van der Waals surface area contributed by atoms with Crippen LogP contribution in [-0.2, 0) is 0 Å². The first-order chi connectivity index (χ1) is 9.27. The molecule has 4 nitrogen and oxygen atoms in total. The zero-order valence-electron chi connectivity index (χ0n) is 11.2. The van der Waals surface area contributed by atoms with Crippen molar-refractivity contribution in [2.75, 3.05) is 13.1 Å². The third-order valence-electron chi connectivity index (χ3n) is 4.81. The maximum Gasteiger partial charge on any atom is 0.407 e. The summed E-state index contributed by atoms with van der Waals surface area (Å²) in [6.07, 6.45) is 11.1. The largest absolute Gasteiger partial charge is 0.465 e. The molecule has 0 aromatic heterocycles. The second kappa shape index (κ2) is 5.27. The van der Waals surface area contributed by atoms with Crippen LogP contribution in [-0.4, -0.2) is 35.2 Å². The lowest BCUT2D eigenvalue weighted by atomic mass is 9.73. The third kappa shape index (κ3) is 2.36. The summed E-state index contributed by atoms with van der Waals surface area (Å²) in [6.45, 7) is 1.69. The summed E-state index contributed by atoms with van der Waals surface area (Å²) >= 11 is 0. The summed E-state index contributed by atoms with van der Waals surface area (Å²) in [6, 6.07) is 0.216. The fourth-order valence-electron chi connectivity index (χ4n) is 3.93. The normalized spacial score (nSPS) is 34.2. The van der Waals surface area contributed by atoms with Gasteiger partial charge in [0, 0.05) is 30.7 Å². The number of piperidine rings is 2. The maximum absolute atomic E-state index is 11.4. The van der Waals surface area contributed by atoms with Crippen molar-refractivity contribution in [2.45, 2.75) is 38.1 Å². The first-order valence-electron chi connectivity index (χ1n) is 7.37. The van der Waals surface area contributed by atoms with Crippen molar-refractivity contribution < 1.29 is 9.90 Å². The number of nitrogens with one attached hydrogen (secondary N) is 1. The van der Waals surface area contributed by atoms with E-state index in [0.29, 0.717) is 18.4 Å². The predicted molar refractivity (Wildman–Crippen MR) is 73.8 cm³/mol.